The van der Waals surface area contributed by atoms with Gasteiger partial charge >= 0.3 is 0 Å². The van der Waals surface area contributed by atoms with Gasteiger partial charge < -0.3 is 5.32 Å². The van der Waals surface area contributed by atoms with Gasteiger partial charge in [0, 0.05) is 19.0 Å². The summed E-state index contributed by atoms with van der Waals surface area (Å²) in [5, 5.41) is 11.9. The average molecular weight is 194 g/mol. The third-order valence-electron chi connectivity index (χ3n) is 3.31. The van der Waals surface area contributed by atoms with E-state index in [4.69, 9.17) is 5.26 Å². The molecule has 0 aromatic heterocycles. The second-order valence-corrected chi connectivity index (χ2v) is 4.40. The number of nitriles is 1. The van der Waals surface area contributed by atoms with Crippen molar-refractivity contribution in [1.82, 2.24) is 5.32 Å². The zero-order valence-corrected chi connectivity index (χ0v) is 9.26. The fourth-order valence-electron chi connectivity index (χ4n) is 2.33. The van der Waals surface area contributed by atoms with Crippen LogP contribution >= 0.6 is 0 Å². The molecular weight excluding hydrogens is 172 g/mol. The molecule has 1 atom stereocenters. The van der Waals surface area contributed by atoms with Gasteiger partial charge in [0.1, 0.15) is 0 Å². The van der Waals surface area contributed by atoms with Crippen LogP contribution in [0.4, 0.5) is 0 Å². The molecule has 0 spiro atoms. The molecule has 0 aliphatic heterocycles. The number of nitrogens with zero attached hydrogens (tertiary/aromatic N) is 1. The second-order valence-electron chi connectivity index (χ2n) is 4.40. The fourth-order valence-corrected chi connectivity index (χ4v) is 2.33. The van der Waals surface area contributed by atoms with Gasteiger partial charge in [0.2, 0.25) is 0 Å². The minimum absolute atomic E-state index is 0.599. The Kier molecular flexibility index (Phi) is 5.63. The molecule has 0 aromatic carbocycles. The van der Waals surface area contributed by atoms with E-state index in [0.29, 0.717) is 12.5 Å². The number of rotatable bonds is 4. The van der Waals surface area contributed by atoms with Crippen molar-refractivity contribution in [2.24, 2.45) is 5.92 Å². The molecule has 0 unspecified atom stereocenters. The highest BCUT2D eigenvalue weighted by Gasteiger charge is 2.17. The summed E-state index contributed by atoms with van der Waals surface area (Å²) in [6, 6.07) is 2.77. The molecule has 1 N–H and O–H groups in total. The lowest BCUT2D eigenvalue weighted by atomic mass is 9.93. The van der Waals surface area contributed by atoms with Crippen molar-refractivity contribution in [1.29, 1.82) is 5.26 Å². The molecule has 0 saturated heterocycles. The maximum atomic E-state index is 8.44. The summed E-state index contributed by atoms with van der Waals surface area (Å²) in [5.41, 5.74) is 0. The van der Waals surface area contributed by atoms with Crippen LogP contribution in [0.15, 0.2) is 0 Å². The monoisotopic (exact) mass is 194 g/mol. The Labute approximate surface area is 87.7 Å². The summed E-state index contributed by atoms with van der Waals surface area (Å²) in [6.07, 6.45) is 9.02. The summed E-state index contributed by atoms with van der Waals surface area (Å²) in [4.78, 5) is 0. The molecule has 0 radical (unpaired) electrons. The molecule has 14 heavy (non-hydrogen) atoms. The zero-order valence-electron chi connectivity index (χ0n) is 9.26. The highest BCUT2D eigenvalue weighted by Crippen LogP contribution is 2.25. The Hall–Kier alpha value is -0.550. The Morgan fingerprint density at radius 3 is 2.50 bits per heavy atom. The van der Waals surface area contributed by atoms with Crippen molar-refractivity contribution < 1.29 is 0 Å². The summed E-state index contributed by atoms with van der Waals surface area (Å²) in [5.74, 6) is 0.844. The average Bonchev–Trinajstić information content (AvgIpc) is 2.46. The van der Waals surface area contributed by atoms with Crippen LogP contribution in [-0.2, 0) is 0 Å². The predicted molar refractivity (Wildman–Crippen MR) is 58.9 cm³/mol. The van der Waals surface area contributed by atoms with Crippen molar-refractivity contribution in [3.05, 3.63) is 0 Å². The second kappa shape index (κ2) is 6.84. The van der Waals surface area contributed by atoms with Crippen LogP contribution in [0.2, 0.25) is 0 Å². The smallest absolute Gasteiger partial charge is 0.0635 e. The van der Waals surface area contributed by atoms with E-state index in [9.17, 15) is 0 Å². The minimum Gasteiger partial charge on any atom is -0.313 e. The Morgan fingerprint density at radius 1 is 1.29 bits per heavy atom. The van der Waals surface area contributed by atoms with E-state index >= 15 is 0 Å². The van der Waals surface area contributed by atoms with Crippen LogP contribution in [0.3, 0.4) is 0 Å². The molecule has 1 saturated carbocycles. The first-order chi connectivity index (χ1) is 6.84. The molecule has 1 rings (SSSR count). The summed E-state index contributed by atoms with van der Waals surface area (Å²) < 4.78 is 0. The van der Waals surface area contributed by atoms with Gasteiger partial charge in [0.05, 0.1) is 6.07 Å². The van der Waals surface area contributed by atoms with E-state index in [1.807, 2.05) is 0 Å². The van der Waals surface area contributed by atoms with Crippen LogP contribution in [0, 0.1) is 17.2 Å². The van der Waals surface area contributed by atoms with E-state index < -0.39 is 0 Å². The number of nitrogens with one attached hydrogen (secondary N) is 1. The van der Waals surface area contributed by atoms with E-state index in [-0.39, 0.29) is 0 Å². The van der Waals surface area contributed by atoms with Gasteiger partial charge in [-0.05, 0) is 25.7 Å². The standard InChI is InChI=1S/C12H22N2/c1-11(14-10-6-9-13)12-7-4-2-3-5-8-12/h11-12,14H,2-8,10H2,1H3/t11-/m1/s1. The zero-order chi connectivity index (χ0) is 10.2. The van der Waals surface area contributed by atoms with Crippen molar-refractivity contribution in [2.45, 2.75) is 57.9 Å². The molecule has 2 heteroatoms. The molecule has 0 aromatic rings. The van der Waals surface area contributed by atoms with Crippen molar-refractivity contribution in [3.8, 4) is 6.07 Å². The van der Waals surface area contributed by atoms with Gasteiger partial charge in [-0.15, -0.1) is 0 Å². The normalized spacial score (nSPS) is 21.1. The van der Waals surface area contributed by atoms with E-state index in [1.54, 1.807) is 0 Å². The maximum Gasteiger partial charge on any atom is 0.0635 e. The summed E-state index contributed by atoms with van der Waals surface area (Å²) >= 11 is 0. The maximum absolute atomic E-state index is 8.44. The first-order valence-corrected chi connectivity index (χ1v) is 5.95. The van der Waals surface area contributed by atoms with Gasteiger partial charge in [0.25, 0.3) is 0 Å². The van der Waals surface area contributed by atoms with E-state index in [2.05, 4.69) is 18.3 Å². The van der Waals surface area contributed by atoms with E-state index in [0.717, 1.165) is 12.5 Å². The molecular formula is C12H22N2. The van der Waals surface area contributed by atoms with Gasteiger partial charge in [-0.3, -0.25) is 0 Å². The predicted octanol–water partition coefficient (Wildman–Crippen LogP) is 2.85. The molecule has 1 fully saturated rings. The Balaban J connectivity index is 2.20. The van der Waals surface area contributed by atoms with Crippen LogP contribution in [0.5, 0.6) is 0 Å². The van der Waals surface area contributed by atoms with Crippen LogP contribution < -0.4 is 5.32 Å². The highest BCUT2D eigenvalue weighted by molar-refractivity contribution is 4.77. The molecule has 2 nitrogen and oxygen atoms in total. The van der Waals surface area contributed by atoms with Gasteiger partial charge in [-0.2, -0.15) is 5.26 Å². The van der Waals surface area contributed by atoms with Crippen molar-refractivity contribution >= 4 is 0 Å². The SMILES string of the molecule is C[C@@H](NCCC#N)C1CCCCCC1. The number of hydrogen-bond acceptors (Lipinski definition) is 2. The first kappa shape index (κ1) is 11.5. The van der Waals surface area contributed by atoms with Crippen LogP contribution in [0.25, 0.3) is 0 Å². The molecule has 0 bridgehead atoms. The molecule has 0 heterocycles. The molecule has 80 valence electrons. The molecule has 1 aliphatic rings. The van der Waals surface area contributed by atoms with Crippen LogP contribution in [0.1, 0.15) is 51.9 Å². The quantitative estimate of drug-likeness (QED) is 0.552. The summed E-state index contributed by atoms with van der Waals surface area (Å²) in [6.45, 7) is 3.13. The molecule has 1 aliphatic carbocycles. The fraction of sp³-hybridized carbons (Fsp3) is 0.917. The minimum atomic E-state index is 0.599. The van der Waals surface area contributed by atoms with E-state index in [1.165, 1.54) is 38.5 Å². The molecule has 0 amide bonds. The number of hydrogen-bond donors (Lipinski definition) is 1. The lowest BCUT2D eigenvalue weighted by molar-refractivity contribution is 0.340. The van der Waals surface area contributed by atoms with Crippen molar-refractivity contribution in [3.63, 3.8) is 0 Å². The van der Waals surface area contributed by atoms with Gasteiger partial charge in [-0.1, -0.05) is 25.7 Å². The lowest BCUT2D eigenvalue weighted by Gasteiger charge is -2.23. The Bertz CT molecular complexity index is 175. The topological polar surface area (TPSA) is 35.8 Å². The van der Waals surface area contributed by atoms with Gasteiger partial charge in [0.15, 0.2) is 0 Å². The first-order valence-electron chi connectivity index (χ1n) is 5.95. The highest BCUT2D eigenvalue weighted by atomic mass is 14.9. The third-order valence-corrected chi connectivity index (χ3v) is 3.31. The van der Waals surface area contributed by atoms with Crippen LogP contribution in [-0.4, -0.2) is 12.6 Å². The third kappa shape index (κ3) is 4.11. The summed E-state index contributed by atoms with van der Waals surface area (Å²) in [7, 11) is 0. The van der Waals surface area contributed by atoms with Crippen molar-refractivity contribution in [2.75, 3.05) is 6.54 Å². The Morgan fingerprint density at radius 2 is 1.93 bits per heavy atom. The van der Waals surface area contributed by atoms with Gasteiger partial charge in [-0.25, -0.2) is 0 Å². The lowest BCUT2D eigenvalue weighted by Crippen LogP contribution is -2.33. The largest absolute Gasteiger partial charge is 0.313 e.